The first-order valence-corrected chi connectivity index (χ1v) is 5.91. The maximum absolute atomic E-state index is 4.69. The molecule has 2 heterocycles. The Morgan fingerprint density at radius 2 is 2.40 bits per heavy atom. The Hall–Kier alpha value is -0.830. The highest BCUT2D eigenvalue weighted by atomic mass is 15.1. The van der Waals surface area contributed by atoms with E-state index in [1.165, 1.54) is 17.9 Å². The maximum Gasteiger partial charge on any atom is 0.108 e. The normalized spacial score (nSPS) is 20.7. The third-order valence-electron chi connectivity index (χ3n) is 3.19. The number of hydrogen-bond acceptors (Lipinski definition) is 2. The first-order chi connectivity index (χ1) is 7.20. The lowest BCUT2D eigenvalue weighted by Gasteiger charge is -2.23. The van der Waals surface area contributed by atoms with Crippen molar-refractivity contribution < 1.29 is 0 Å². The van der Waals surface area contributed by atoms with Crippen LogP contribution >= 0.6 is 0 Å². The van der Waals surface area contributed by atoms with Gasteiger partial charge < -0.3 is 9.88 Å². The molecule has 3 heteroatoms. The van der Waals surface area contributed by atoms with Gasteiger partial charge in [-0.2, -0.15) is 0 Å². The molecule has 0 aromatic carbocycles. The van der Waals surface area contributed by atoms with Gasteiger partial charge in [0.25, 0.3) is 0 Å². The third-order valence-corrected chi connectivity index (χ3v) is 3.19. The van der Waals surface area contributed by atoms with Crippen molar-refractivity contribution in [2.45, 2.75) is 39.2 Å². The van der Waals surface area contributed by atoms with Crippen LogP contribution < -0.4 is 5.32 Å². The molecule has 1 unspecified atom stereocenters. The molecule has 0 saturated heterocycles. The number of imidazole rings is 1. The fraction of sp³-hybridized carbons (Fsp3) is 0.750. The van der Waals surface area contributed by atoms with Gasteiger partial charge in [-0.1, -0.05) is 13.8 Å². The Balaban J connectivity index is 2.12. The summed E-state index contributed by atoms with van der Waals surface area (Å²) in [6, 6.07) is 0. The minimum Gasteiger partial charge on any atom is -0.334 e. The van der Waals surface area contributed by atoms with Crippen molar-refractivity contribution in [3.63, 3.8) is 0 Å². The van der Waals surface area contributed by atoms with Crippen molar-refractivity contribution in [2.24, 2.45) is 5.92 Å². The molecule has 1 aliphatic rings. The van der Waals surface area contributed by atoms with Crippen LogP contribution in [0.1, 0.15) is 37.7 Å². The molecule has 0 amide bonds. The third kappa shape index (κ3) is 2.23. The summed E-state index contributed by atoms with van der Waals surface area (Å²) in [5, 5.41) is 3.26. The van der Waals surface area contributed by atoms with Gasteiger partial charge in [-0.15, -0.1) is 0 Å². The van der Waals surface area contributed by atoms with Crippen molar-refractivity contribution in [3.8, 4) is 0 Å². The molecule has 1 N–H and O–H groups in total. The first-order valence-electron chi connectivity index (χ1n) is 5.91. The lowest BCUT2D eigenvalue weighted by atomic mass is 10.00. The summed E-state index contributed by atoms with van der Waals surface area (Å²) in [7, 11) is 2.03. The average molecular weight is 207 g/mol. The van der Waals surface area contributed by atoms with Crippen molar-refractivity contribution >= 4 is 0 Å². The second kappa shape index (κ2) is 4.35. The van der Waals surface area contributed by atoms with Gasteiger partial charge in [-0.3, -0.25) is 0 Å². The zero-order chi connectivity index (χ0) is 10.8. The van der Waals surface area contributed by atoms with Gasteiger partial charge in [0.15, 0.2) is 0 Å². The molecule has 0 aliphatic carbocycles. The average Bonchev–Trinajstić information content (AvgIpc) is 2.61. The van der Waals surface area contributed by atoms with Gasteiger partial charge >= 0.3 is 0 Å². The fourth-order valence-corrected chi connectivity index (χ4v) is 2.27. The largest absolute Gasteiger partial charge is 0.334 e. The summed E-state index contributed by atoms with van der Waals surface area (Å²) in [5.74, 6) is 2.61. The molecule has 3 nitrogen and oxygen atoms in total. The van der Waals surface area contributed by atoms with E-state index in [9.17, 15) is 0 Å². The molecule has 1 atom stereocenters. The van der Waals surface area contributed by atoms with Crippen LogP contribution in [0, 0.1) is 5.92 Å². The summed E-state index contributed by atoms with van der Waals surface area (Å²) in [4.78, 5) is 4.69. The number of nitrogens with zero attached hydrogens (tertiary/aromatic N) is 2. The molecule has 15 heavy (non-hydrogen) atoms. The molecule has 1 aliphatic heterocycles. The summed E-state index contributed by atoms with van der Waals surface area (Å²) < 4.78 is 2.35. The van der Waals surface area contributed by atoms with E-state index in [0.29, 0.717) is 5.92 Å². The Morgan fingerprint density at radius 1 is 1.60 bits per heavy atom. The van der Waals surface area contributed by atoms with Crippen molar-refractivity contribution in [3.05, 3.63) is 17.7 Å². The minimum absolute atomic E-state index is 0.547. The second-order valence-corrected chi connectivity index (χ2v) is 4.85. The highest BCUT2D eigenvalue weighted by Gasteiger charge is 2.20. The van der Waals surface area contributed by atoms with Crippen LogP contribution in [0.3, 0.4) is 0 Å². The van der Waals surface area contributed by atoms with Crippen LogP contribution in [0.5, 0.6) is 0 Å². The lowest BCUT2D eigenvalue weighted by molar-refractivity contribution is 0.356. The number of fused-ring (bicyclic) bond motifs is 1. The summed E-state index contributed by atoms with van der Waals surface area (Å²) in [5.41, 5.74) is 1.25. The molecule has 0 fully saturated rings. The quantitative estimate of drug-likeness (QED) is 0.819. The number of rotatable bonds is 3. The van der Waals surface area contributed by atoms with Gasteiger partial charge in [0.05, 0.1) is 5.69 Å². The molecule has 0 spiro atoms. The van der Waals surface area contributed by atoms with Crippen molar-refractivity contribution in [2.75, 3.05) is 13.6 Å². The number of aromatic nitrogens is 2. The molecular weight excluding hydrogens is 186 g/mol. The van der Waals surface area contributed by atoms with Gasteiger partial charge in [0.2, 0.25) is 0 Å². The molecule has 1 aromatic rings. The Labute approximate surface area is 91.9 Å². The van der Waals surface area contributed by atoms with Crippen molar-refractivity contribution in [1.29, 1.82) is 0 Å². The second-order valence-electron chi connectivity index (χ2n) is 4.85. The fourth-order valence-electron chi connectivity index (χ4n) is 2.27. The summed E-state index contributed by atoms with van der Waals surface area (Å²) in [6.45, 7) is 6.67. The van der Waals surface area contributed by atoms with Gasteiger partial charge in [0, 0.05) is 19.2 Å². The topological polar surface area (TPSA) is 29.9 Å². The highest BCUT2D eigenvalue weighted by Crippen LogP contribution is 2.22. The van der Waals surface area contributed by atoms with Gasteiger partial charge in [-0.05, 0) is 31.8 Å². The predicted octanol–water partition coefficient (Wildman–Crippen LogP) is 1.79. The Morgan fingerprint density at radius 3 is 3.07 bits per heavy atom. The van der Waals surface area contributed by atoms with Crippen LogP contribution in [-0.2, 0) is 13.0 Å². The zero-order valence-corrected chi connectivity index (χ0v) is 9.95. The van der Waals surface area contributed by atoms with Crippen molar-refractivity contribution in [1.82, 2.24) is 14.9 Å². The van der Waals surface area contributed by atoms with Crippen LogP contribution in [-0.4, -0.2) is 23.1 Å². The molecular formula is C12H21N3. The Bertz CT molecular complexity index is 328. The molecule has 0 radical (unpaired) electrons. The van der Waals surface area contributed by atoms with Crippen LogP contribution in [0.15, 0.2) is 6.20 Å². The molecule has 0 bridgehead atoms. The van der Waals surface area contributed by atoms with E-state index in [1.54, 1.807) is 0 Å². The maximum atomic E-state index is 4.69. The molecule has 2 rings (SSSR count). The van der Waals surface area contributed by atoms with Gasteiger partial charge in [0.1, 0.15) is 5.82 Å². The van der Waals surface area contributed by atoms with E-state index in [1.807, 2.05) is 7.05 Å². The minimum atomic E-state index is 0.547. The summed E-state index contributed by atoms with van der Waals surface area (Å²) in [6.07, 6.45) is 4.65. The zero-order valence-electron chi connectivity index (χ0n) is 9.95. The van der Waals surface area contributed by atoms with E-state index < -0.39 is 0 Å². The molecule has 1 aromatic heterocycles. The summed E-state index contributed by atoms with van der Waals surface area (Å²) >= 11 is 0. The predicted molar refractivity (Wildman–Crippen MR) is 62.1 cm³/mol. The Kier molecular flexibility index (Phi) is 3.10. The van der Waals surface area contributed by atoms with E-state index in [4.69, 9.17) is 0 Å². The highest BCUT2D eigenvalue weighted by molar-refractivity contribution is 5.10. The van der Waals surface area contributed by atoms with Crippen LogP contribution in [0.4, 0.5) is 0 Å². The van der Waals surface area contributed by atoms with E-state index in [0.717, 1.165) is 25.4 Å². The lowest BCUT2D eigenvalue weighted by Crippen LogP contribution is -2.27. The smallest absolute Gasteiger partial charge is 0.108 e. The van der Waals surface area contributed by atoms with E-state index >= 15 is 0 Å². The number of nitrogens with one attached hydrogen (secondary N) is 1. The van der Waals surface area contributed by atoms with E-state index in [2.05, 4.69) is 34.9 Å². The van der Waals surface area contributed by atoms with E-state index in [-0.39, 0.29) is 0 Å². The SMILES string of the molecule is CNCC1CCc2nc(C(C)C)cn2C1. The number of hydrogen-bond donors (Lipinski definition) is 1. The molecule has 84 valence electrons. The van der Waals surface area contributed by atoms with Crippen LogP contribution in [0.25, 0.3) is 0 Å². The number of aryl methyl sites for hydroxylation is 1. The van der Waals surface area contributed by atoms with Crippen LogP contribution in [0.2, 0.25) is 0 Å². The van der Waals surface area contributed by atoms with Gasteiger partial charge in [-0.25, -0.2) is 4.98 Å². The first kappa shape index (κ1) is 10.7. The molecule has 0 saturated carbocycles. The standard InChI is InChI=1S/C12H21N3/c1-9(2)11-8-15-7-10(6-13-3)4-5-12(15)14-11/h8-10,13H,4-7H2,1-3H3. The monoisotopic (exact) mass is 207 g/mol.